The maximum atomic E-state index is 12.7. The molecule has 0 heterocycles. The molecular formula is C16H24FN3O2. The maximum Gasteiger partial charge on any atom is 0.251 e. The maximum absolute atomic E-state index is 12.7. The molecule has 1 aromatic rings. The van der Waals surface area contributed by atoms with Crippen LogP contribution in [0.4, 0.5) is 4.39 Å². The Morgan fingerprint density at radius 2 is 1.86 bits per heavy atom. The Hall–Kier alpha value is -1.95. The summed E-state index contributed by atoms with van der Waals surface area (Å²) >= 11 is 0. The molecule has 22 heavy (non-hydrogen) atoms. The van der Waals surface area contributed by atoms with Crippen LogP contribution in [0.25, 0.3) is 0 Å². The van der Waals surface area contributed by atoms with E-state index in [-0.39, 0.29) is 23.7 Å². The van der Waals surface area contributed by atoms with Crippen LogP contribution in [0.5, 0.6) is 0 Å². The first-order valence-electron chi connectivity index (χ1n) is 7.56. The number of halogens is 1. The molecule has 0 saturated carbocycles. The molecule has 5 nitrogen and oxygen atoms in total. The minimum Gasteiger partial charge on any atom is -0.355 e. The number of benzene rings is 1. The van der Waals surface area contributed by atoms with Gasteiger partial charge in [0.15, 0.2) is 0 Å². The zero-order chi connectivity index (χ0) is 16.4. The lowest BCUT2D eigenvalue weighted by Crippen LogP contribution is -2.39. The van der Waals surface area contributed by atoms with Gasteiger partial charge in [0.25, 0.3) is 5.91 Å². The molecule has 2 amide bonds. The SMILES string of the molecule is CCN[C@H](C)CNC(=O)CCCNC(=O)c1ccc(F)cc1. The fraction of sp³-hybridized carbons (Fsp3) is 0.500. The number of hydrogen-bond acceptors (Lipinski definition) is 3. The number of nitrogens with one attached hydrogen (secondary N) is 3. The third-order valence-corrected chi connectivity index (χ3v) is 3.13. The number of carbonyl (C=O) groups is 2. The summed E-state index contributed by atoms with van der Waals surface area (Å²) in [6, 6.07) is 5.59. The van der Waals surface area contributed by atoms with Gasteiger partial charge >= 0.3 is 0 Å². The molecule has 0 unspecified atom stereocenters. The van der Waals surface area contributed by atoms with Crippen LogP contribution >= 0.6 is 0 Å². The van der Waals surface area contributed by atoms with Crippen LogP contribution in [0.2, 0.25) is 0 Å². The Morgan fingerprint density at radius 3 is 2.50 bits per heavy atom. The summed E-state index contributed by atoms with van der Waals surface area (Å²) < 4.78 is 12.7. The first-order valence-corrected chi connectivity index (χ1v) is 7.56. The van der Waals surface area contributed by atoms with E-state index >= 15 is 0 Å². The zero-order valence-corrected chi connectivity index (χ0v) is 13.1. The van der Waals surface area contributed by atoms with E-state index in [1.54, 1.807) is 0 Å². The Kier molecular flexibility index (Phi) is 8.14. The van der Waals surface area contributed by atoms with E-state index in [1.807, 2.05) is 13.8 Å². The standard InChI is InChI=1S/C16H24FN3O2/c1-3-18-12(2)11-20-15(21)5-4-10-19-16(22)13-6-8-14(17)9-7-13/h6-9,12,18H,3-5,10-11H2,1-2H3,(H,19,22)(H,20,21)/t12-/m1/s1. The Balaban J connectivity index is 2.15. The highest BCUT2D eigenvalue weighted by atomic mass is 19.1. The Morgan fingerprint density at radius 1 is 1.18 bits per heavy atom. The summed E-state index contributed by atoms with van der Waals surface area (Å²) in [6.07, 6.45) is 0.927. The summed E-state index contributed by atoms with van der Waals surface area (Å²) in [5.74, 6) is -0.665. The van der Waals surface area contributed by atoms with Crippen LogP contribution in [0, 0.1) is 5.82 Å². The summed E-state index contributed by atoms with van der Waals surface area (Å²) in [6.45, 7) is 5.89. The molecular weight excluding hydrogens is 285 g/mol. The lowest BCUT2D eigenvalue weighted by Gasteiger charge is -2.13. The van der Waals surface area contributed by atoms with Crippen LogP contribution in [-0.4, -0.2) is 37.5 Å². The van der Waals surface area contributed by atoms with Gasteiger partial charge in [-0.3, -0.25) is 9.59 Å². The molecule has 0 saturated heterocycles. The smallest absolute Gasteiger partial charge is 0.251 e. The Bertz CT molecular complexity index is 477. The van der Waals surface area contributed by atoms with Gasteiger partial charge in [-0.2, -0.15) is 0 Å². The van der Waals surface area contributed by atoms with Crippen molar-refractivity contribution in [2.75, 3.05) is 19.6 Å². The molecule has 1 atom stereocenters. The van der Waals surface area contributed by atoms with Crippen molar-refractivity contribution < 1.29 is 14.0 Å². The van der Waals surface area contributed by atoms with E-state index in [1.165, 1.54) is 24.3 Å². The topological polar surface area (TPSA) is 70.2 Å². The minimum atomic E-state index is -0.375. The first kappa shape index (κ1) is 18.1. The van der Waals surface area contributed by atoms with Gasteiger partial charge in [0.2, 0.25) is 5.91 Å². The van der Waals surface area contributed by atoms with E-state index in [2.05, 4.69) is 16.0 Å². The third-order valence-electron chi connectivity index (χ3n) is 3.13. The van der Waals surface area contributed by atoms with Crippen molar-refractivity contribution in [2.45, 2.75) is 32.7 Å². The highest BCUT2D eigenvalue weighted by molar-refractivity contribution is 5.94. The van der Waals surface area contributed by atoms with Gasteiger partial charge in [-0.05, 0) is 44.2 Å². The van der Waals surface area contributed by atoms with E-state index in [4.69, 9.17) is 0 Å². The van der Waals surface area contributed by atoms with Crippen molar-refractivity contribution in [3.8, 4) is 0 Å². The van der Waals surface area contributed by atoms with E-state index in [9.17, 15) is 14.0 Å². The monoisotopic (exact) mass is 309 g/mol. The number of hydrogen-bond donors (Lipinski definition) is 3. The molecule has 1 aromatic carbocycles. The van der Waals surface area contributed by atoms with Crippen molar-refractivity contribution in [1.82, 2.24) is 16.0 Å². The number of likely N-dealkylation sites (N-methyl/N-ethyl adjacent to an activating group) is 1. The molecule has 0 radical (unpaired) electrons. The second-order valence-electron chi connectivity index (χ2n) is 5.13. The van der Waals surface area contributed by atoms with Gasteiger partial charge in [0, 0.05) is 31.1 Å². The molecule has 0 aliphatic carbocycles. The van der Waals surface area contributed by atoms with Crippen molar-refractivity contribution in [2.24, 2.45) is 0 Å². The van der Waals surface area contributed by atoms with Crippen LogP contribution in [0.1, 0.15) is 37.0 Å². The molecule has 122 valence electrons. The van der Waals surface area contributed by atoms with Crippen LogP contribution in [0.3, 0.4) is 0 Å². The quantitative estimate of drug-likeness (QED) is 0.605. The van der Waals surface area contributed by atoms with Gasteiger partial charge in [-0.25, -0.2) is 4.39 Å². The van der Waals surface area contributed by atoms with Gasteiger partial charge in [0.1, 0.15) is 5.82 Å². The largest absolute Gasteiger partial charge is 0.355 e. The first-order chi connectivity index (χ1) is 10.5. The van der Waals surface area contributed by atoms with Gasteiger partial charge in [-0.15, -0.1) is 0 Å². The molecule has 0 bridgehead atoms. The number of carbonyl (C=O) groups excluding carboxylic acids is 2. The minimum absolute atomic E-state index is 0.0271. The fourth-order valence-electron chi connectivity index (χ4n) is 1.93. The normalized spacial score (nSPS) is 11.8. The predicted molar refractivity (Wildman–Crippen MR) is 84.1 cm³/mol. The second kappa shape index (κ2) is 9.89. The summed E-state index contributed by atoms with van der Waals surface area (Å²) in [5.41, 5.74) is 0.408. The fourth-order valence-corrected chi connectivity index (χ4v) is 1.93. The van der Waals surface area contributed by atoms with E-state index < -0.39 is 0 Å². The molecule has 1 rings (SSSR count). The molecule has 0 aromatic heterocycles. The lowest BCUT2D eigenvalue weighted by molar-refractivity contribution is -0.121. The number of rotatable bonds is 9. The van der Waals surface area contributed by atoms with Crippen LogP contribution < -0.4 is 16.0 Å². The van der Waals surface area contributed by atoms with Crippen molar-refractivity contribution in [1.29, 1.82) is 0 Å². The van der Waals surface area contributed by atoms with Crippen molar-refractivity contribution >= 4 is 11.8 Å². The number of amides is 2. The predicted octanol–water partition coefficient (Wildman–Crippen LogP) is 1.45. The van der Waals surface area contributed by atoms with Gasteiger partial charge in [-0.1, -0.05) is 6.92 Å². The van der Waals surface area contributed by atoms with Gasteiger partial charge < -0.3 is 16.0 Å². The van der Waals surface area contributed by atoms with E-state index in [0.29, 0.717) is 31.5 Å². The van der Waals surface area contributed by atoms with Crippen LogP contribution in [-0.2, 0) is 4.79 Å². The summed E-state index contributed by atoms with van der Waals surface area (Å²) in [4.78, 5) is 23.4. The highest BCUT2D eigenvalue weighted by Crippen LogP contribution is 2.02. The lowest BCUT2D eigenvalue weighted by atomic mass is 10.2. The highest BCUT2D eigenvalue weighted by Gasteiger charge is 2.07. The average molecular weight is 309 g/mol. The average Bonchev–Trinajstić information content (AvgIpc) is 2.50. The molecule has 0 fully saturated rings. The second-order valence-corrected chi connectivity index (χ2v) is 5.13. The van der Waals surface area contributed by atoms with Crippen molar-refractivity contribution in [3.05, 3.63) is 35.6 Å². The third kappa shape index (κ3) is 7.17. The van der Waals surface area contributed by atoms with Crippen molar-refractivity contribution in [3.63, 3.8) is 0 Å². The Labute approximate surface area is 130 Å². The summed E-state index contributed by atoms with van der Waals surface area (Å²) in [5, 5.41) is 8.75. The molecule has 0 spiro atoms. The molecule has 0 aliphatic rings. The summed E-state index contributed by atoms with van der Waals surface area (Å²) in [7, 11) is 0. The molecule has 6 heteroatoms. The van der Waals surface area contributed by atoms with Crippen LogP contribution in [0.15, 0.2) is 24.3 Å². The van der Waals surface area contributed by atoms with Gasteiger partial charge in [0.05, 0.1) is 0 Å². The van der Waals surface area contributed by atoms with E-state index in [0.717, 1.165) is 6.54 Å². The molecule has 0 aliphatic heterocycles. The zero-order valence-electron chi connectivity index (χ0n) is 13.1. The molecule has 3 N–H and O–H groups in total.